The molecule has 4 heteroatoms. The first-order chi connectivity index (χ1) is 14.0. The highest BCUT2D eigenvalue weighted by atomic mass is 16.5. The van der Waals surface area contributed by atoms with Crippen LogP contribution in [0.5, 0.6) is 5.75 Å². The molecule has 4 nitrogen and oxygen atoms in total. The van der Waals surface area contributed by atoms with Crippen LogP contribution < -0.4 is 4.74 Å². The second-order valence-corrected chi connectivity index (χ2v) is 7.62. The molecule has 0 radical (unpaired) electrons. The van der Waals surface area contributed by atoms with Crippen molar-refractivity contribution in [3.8, 4) is 5.75 Å². The van der Waals surface area contributed by atoms with Gasteiger partial charge in [0, 0.05) is 22.8 Å². The fourth-order valence-corrected chi connectivity index (χ4v) is 3.64. The van der Waals surface area contributed by atoms with E-state index in [1.807, 2.05) is 13.0 Å². The molecule has 0 spiro atoms. The Morgan fingerprint density at radius 3 is 2.41 bits per heavy atom. The van der Waals surface area contributed by atoms with E-state index < -0.39 is 0 Å². The first kappa shape index (κ1) is 21.0. The molecule has 29 heavy (non-hydrogen) atoms. The average molecular weight is 390 g/mol. The normalized spacial score (nSPS) is 17.4. The zero-order valence-electron chi connectivity index (χ0n) is 18.2. The van der Waals surface area contributed by atoms with Gasteiger partial charge in [-0.2, -0.15) is 10.2 Å². The molecule has 3 rings (SSSR count). The lowest BCUT2D eigenvalue weighted by Crippen LogP contribution is -2.16. The second-order valence-electron chi connectivity index (χ2n) is 7.62. The van der Waals surface area contributed by atoms with E-state index in [2.05, 4.69) is 67.4 Å². The van der Waals surface area contributed by atoms with Gasteiger partial charge in [0.15, 0.2) is 0 Å². The zero-order chi connectivity index (χ0) is 20.8. The predicted octanol–water partition coefficient (Wildman–Crippen LogP) is 5.51. The number of benzene rings is 2. The summed E-state index contributed by atoms with van der Waals surface area (Å²) in [6.45, 7) is 8.98. The molecule has 0 amide bonds. The Bertz CT molecular complexity index is 939. The van der Waals surface area contributed by atoms with Crippen molar-refractivity contribution in [2.45, 2.75) is 47.0 Å². The maximum Gasteiger partial charge on any atom is 0.119 e. The quantitative estimate of drug-likeness (QED) is 0.680. The van der Waals surface area contributed by atoms with Gasteiger partial charge in [-0.25, -0.2) is 0 Å². The number of rotatable bonds is 4. The minimum Gasteiger partial charge on any atom is -0.497 e. The van der Waals surface area contributed by atoms with Gasteiger partial charge in [-0.3, -0.25) is 4.99 Å². The lowest BCUT2D eigenvalue weighted by atomic mass is 9.87. The maximum atomic E-state index is 5.55. The van der Waals surface area contributed by atoms with Crippen molar-refractivity contribution >= 4 is 17.1 Å². The number of hydrogen-bond donors (Lipinski definition) is 0. The Hall–Kier alpha value is -2.75. The van der Waals surface area contributed by atoms with Crippen molar-refractivity contribution in [3.05, 3.63) is 64.7 Å². The van der Waals surface area contributed by atoms with E-state index in [-0.39, 0.29) is 0 Å². The van der Waals surface area contributed by atoms with Gasteiger partial charge in [0.25, 0.3) is 0 Å². The summed E-state index contributed by atoms with van der Waals surface area (Å²) in [4.78, 5) is 4.99. The van der Waals surface area contributed by atoms with Gasteiger partial charge < -0.3 is 4.74 Å². The fourth-order valence-electron chi connectivity index (χ4n) is 3.64. The first-order valence-electron chi connectivity index (χ1n) is 10.4. The summed E-state index contributed by atoms with van der Waals surface area (Å²) >= 11 is 0. The number of aliphatic imine (C=N–C) groups is 1. The van der Waals surface area contributed by atoms with Gasteiger partial charge in [-0.1, -0.05) is 44.2 Å². The Balaban J connectivity index is 2.19. The molecule has 0 N–H and O–H groups in total. The van der Waals surface area contributed by atoms with Crippen molar-refractivity contribution < 1.29 is 4.74 Å². The minimum absolute atomic E-state index is 0.348. The standard InChI is InChI=1S/C25H31N3O/c1-6-19-8-10-21(11-9-19)25-24-15-23(29-5)13-12-22(24)14-20(7-2)18(4)28-27-17(3)16-26-25/h8-13,15,20H,6-7,14,16H2,1-5H3. The van der Waals surface area contributed by atoms with E-state index in [1.165, 1.54) is 11.1 Å². The van der Waals surface area contributed by atoms with E-state index in [1.54, 1.807) is 7.11 Å². The molecule has 1 atom stereocenters. The fraction of sp³-hybridized carbons (Fsp3) is 0.400. The van der Waals surface area contributed by atoms with Crippen LogP contribution >= 0.6 is 0 Å². The lowest BCUT2D eigenvalue weighted by molar-refractivity contribution is 0.414. The number of methoxy groups -OCH3 is 1. The molecule has 1 aliphatic heterocycles. The molecular weight excluding hydrogens is 358 g/mol. The highest BCUT2D eigenvalue weighted by Crippen LogP contribution is 2.26. The molecule has 2 aromatic rings. The predicted molar refractivity (Wildman–Crippen MR) is 123 cm³/mol. The van der Waals surface area contributed by atoms with Crippen molar-refractivity contribution in [2.75, 3.05) is 13.7 Å². The molecule has 1 heterocycles. The third kappa shape index (κ3) is 5.00. The van der Waals surface area contributed by atoms with Crippen molar-refractivity contribution in [1.29, 1.82) is 0 Å². The third-order valence-electron chi connectivity index (χ3n) is 5.60. The molecule has 152 valence electrons. The smallest absolute Gasteiger partial charge is 0.119 e. The largest absolute Gasteiger partial charge is 0.497 e. The van der Waals surface area contributed by atoms with Crippen molar-refractivity contribution in [1.82, 2.24) is 0 Å². The Morgan fingerprint density at radius 2 is 1.76 bits per heavy atom. The van der Waals surface area contributed by atoms with E-state index in [0.29, 0.717) is 12.5 Å². The number of fused-ring (bicyclic) bond motifs is 1. The average Bonchev–Trinajstić information content (AvgIpc) is 2.78. The SMILES string of the molecule is CCc1ccc(C2=NCC(C)=NN=C(C)C(CC)Cc3ccc(OC)cc32)cc1. The van der Waals surface area contributed by atoms with E-state index >= 15 is 0 Å². The van der Waals surface area contributed by atoms with Crippen LogP contribution in [0.2, 0.25) is 0 Å². The molecule has 1 unspecified atom stereocenters. The van der Waals surface area contributed by atoms with E-state index in [9.17, 15) is 0 Å². The van der Waals surface area contributed by atoms with Crippen LogP contribution in [0, 0.1) is 5.92 Å². The molecule has 1 aliphatic rings. The summed E-state index contributed by atoms with van der Waals surface area (Å²) in [7, 11) is 1.71. The molecular formula is C25H31N3O. The number of ether oxygens (including phenoxy) is 1. The van der Waals surface area contributed by atoms with Crippen LogP contribution in [0.3, 0.4) is 0 Å². The highest BCUT2D eigenvalue weighted by molar-refractivity contribution is 6.14. The van der Waals surface area contributed by atoms with Crippen LogP contribution in [0.25, 0.3) is 0 Å². The van der Waals surface area contributed by atoms with Gasteiger partial charge in [0.2, 0.25) is 0 Å². The van der Waals surface area contributed by atoms with Crippen LogP contribution in [0.1, 0.15) is 56.4 Å². The summed E-state index contributed by atoms with van der Waals surface area (Å²) in [6.07, 6.45) is 2.95. The highest BCUT2D eigenvalue weighted by Gasteiger charge is 2.19. The Labute approximate surface area is 174 Å². The van der Waals surface area contributed by atoms with Crippen LogP contribution in [0.15, 0.2) is 57.7 Å². The molecule has 0 fully saturated rings. The van der Waals surface area contributed by atoms with Crippen LogP contribution in [0.4, 0.5) is 0 Å². The van der Waals surface area contributed by atoms with Gasteiger partial charge in [0.05, 0.1) is 25.1 Å². The number of hydrogen-bond acceptors (Lipinski definition) is 4. The van der Waals surface area contributed by atoms with Gasteiger partial charge in [-0.15, -0.1) is 0 Å². The lowest BCUT2D eigenvalue weighted by Gasteiger charge is -2.19. The summed E-state index contributed by atoms with van der Waals surface area (Å²) in [5.74, 6) is 1.20. The van der Waals surface area contributed by atoms with E-state index in [4.69, 9.17) is 9.73 Å². The van der Waals surface area contributed by atoms with E-state index in [0.717, 1.165) is 53.3 Å². The molecule has 0 aromatic heterocycles. The topological polar surface area (TPSA) is 46.3 Å². The van der Waals surface area contributed by atoms with Gasteiger partial charge >= 0.3 is 0 Å². The van der Waals surface area contributed by atoms with Gasteiger partial charge in [-0.05, 0) is 56.4 Å². The molecule has 0 aliphatic carbocycles. The minimum atomic E-state index is 0.348. The zero-order valence-corrected chi connectivity index (χ0v) is 18.2. The third-order valence-corrected chi connectivity index (χ3v) is 5.60. The van der Waals surface area contributed by atoms with Gasteiger partial charge in [0.1, 0.15) is 5.75 Å². The maximum absolute atomic E-state index is 5.55. The number of aryl methyl sites for hydroxylation is 1. The molecule has 0 bridgehead atoms. The second kappa shape index (κ2) is 9.64. The molecule has 2 aromatic carbocycles. The summed E-state index contributed by atoms with van der Waals surface area (Å²) in [6, 6.07) is 15.0. The molecule has 0 saturated carbocycles. The van der Waals surface area contributed by atoms with Crippen molar-refractivity contribution in [2.24, 2.45) is 21.1 Å². The van der Waals surface area contributed by atoms with Crippen LogP contribution in [-0.2, 0) is 12.8 Å². The van der Waals surface area contributed by atoms with Crippen molar-refractivity contribution in [3.63, 3.8) is 0 Å². The summed E-state index contributed by atoms with van der Waals surface area (Å²) in [5, 5.41) is 8.93. The first-order valence-corrected chi connectivity index (χ1v) is 10.4. The summed E-state index contributed by atoms with van der Waals surface area (Å²) < 4.78 is 5.55. The van der Waals surface area contributed by atoms with Crippen LogP contribution in [-0.4, -0.2) is 30.8 Å². The number of nitrogens with zero attached hydrogens (tertiary/aromatic N) is 3. The molecule has 0 saturated heterocycles. The Kier molecular flexibility index (Phi) is 6.97. The summed E-state index contributed by atoms with van der Waals surface area (Å²) in [5.41, 5.74) is 7.82. The Morgan fingerprint density at radius 1 is 1.00 bits per heavy atom. The monoisotopic (exact) mass is 389 g/mol.